The van der Waals surface area contributed by atoms with Gasteiger partial charge >= 0.3 is 11.9 Å². The number of hydrogen-bond donors (Lipinski definition) is 2. The second-order valence-corrected chi connectivity index (χ2v) is 9.16. The highest BCUT2D eigenvalue weighted by Crippen LogP contribution is 2.39. The average molecular weight is 514 g/mol. The fourth-order valence-electron chi connectivity index (χ4n) is 4.44. The largest absolute Gasteiger partial charge is 0.493 e. The number of anilines is 3. The van der Waals surface area contributed by atoms with Gasteiger partial charge in [0.05, 0.1) is 12.2 Å². The molecule has 0 radical (unpaired) electrons. The summed E-state index contributed by atoms with van der Waals surface area (Å²) in [7, 11) is 0. The summed E-state index contributed by atoms with van der Waals surface area (Å²) in [5.41, 5.74) is 3.71. The zero-order chi connectivity index (χ0) is 26.0. The van der Waals surface area contributed by atoms with E-state index in [2.05, 4.69) is 20.7 Å². The van der Waals surface area contributed by atoms with E-state index in [9.17, 15) is 18.0 Å². The van der Waals surface area contributed by atoms with Crippen LogP contribution in [0.15, 0.2) is 57.9 Å². The number of aryl methyl sites for hydroxylation is 1. The first-order chi connectivity index (χ1) is 17.8. The summed E-state index contributed by atoms with van der Waals surface area (Å²) in [5.74, 6) is -0.207. The van der Waals surface area contributed by atoms with Crippen molar-refractivity contribution in [1.29, 1.82) is 0 Å². The van der Waals surface area contributed by atoms with E-state index in [0.29, 0.717) is 16.7 Å². The minimum atomic E-state index is -4.59. The Hall–Kier alpha value is -4.02. The molecule has 1 saturated carbocycles. The average Bonchev–Trinajstić information content (AvgIpc) is 3.20. The number of oxazole rings is 1. The lowest BCUT2D eigenvalue weighted by molar-refractivity contribution is -0.139. The molecule has 0 bridgehead atoms. The molecule has 8 nitrogen and oxygen atoms in total. The summed E-state index contributed by atoms with van der Waals surface area (Å²) in [5, 5.41) is 2.82. The highest BCUT2D eigenvalue weighted by atomic mass is 19.4. The number of fused-ring (bicyclic) bond motifs is 1. The van der Waals surface area contributed by atoms with Gasteiger partial charge in [-0.05, 0) is 56.0 Å². The third-order valence-electron chi connectivity index (χ3n) is 6.42. The van der Waals surface area contributed by atoms with Crippen molar-refractivity contribution in [2.45, 2.75) is 45.2 Å². The summed E-state index contributed by atoms with van der Waals surface area (Å²) in [4.78, 5) is 20.8. The fraction of sp³-hybridized carbons (Fsp3) is 0.346. The van der Waals surface area contributed by atoms with Crippen LogP contribution in [0, 0.1) is 12.8 Å². The van der Waals surface area contributed by atoms with Crippen molar-refractivity contribution in [3.63, 3.8) is 0 Å². The minimum Gasteiger partial charge on any atom is -0.493 e. The molecule has 0 saturated heterocycles. The van der Waals surface area contributed by atoms with E-state index in [1.54, 1.807) is 31.2 Å². The molecule has 37 heavy (non-hydrogen) atoms. The van der Waals surface area contributed by atoms with Crippen LogP contribution < -0.4 is 21.2 Å². The predicted molar refractivity (Wildman–Crippen MR) is 133 cm³/mol. The molecule has 0 unspecified atom stereocenters. The maximum absolute atomic E-state index is 13.8. The van der Waals surface area contributed by atoms with E-state index >= 15 is 0 Å². The first-order valence-electron chi connectivity index (χ1n) is 12.1. The van der Waals surface area contributed by atoms with Crippen molar-refractivity contribution in [3.05, 3.63) is 70.3 Å². The minimum absolute atomic E-state index is 0.0537. The molecule has 1 fully saturated rings. The van der Waals surface area contributed by atoms with Crippen molar-refractivity contribution >= 4 is 28.6 Å². The number of halogens is 3. The van der Waals surface area contributed by atoms with Gasteiger partial charge in [0.25, 0.3) is 0 Å². The Balaban J connectivity index is 1.37. The van der Waals surface area contributed by atoms with Crippen LogP contribution in [0.25, 0.3) is 11.1 Å². The Labute approximate surface area is 210 Å². The number of nitrogens with zero attached hydrogens (tertiary/aromatic N) is 3. The van der Waals surface area contributed by atoms with Crippen LogP contribution in [0.2, 0.25) is 0 Å². The number of aromatic nitrogens is 3. The van der Waals surface area contributed by atoms with Crippen molar-refractivity contribution < 1.29 is 22.3 Å². The summed E-state index contributed by atoms with van der Waals surface area (Å²) in [6, 6.07) is 10.7. The number of nitrogens with one attached hydrogen (secondary N) is 2. The van der Waals surface area contributed by atoms with E-state index in [4.69, 9.17) is 9.15 Å². The van der Waals surface area contributed by atoms with Crippen LogP contribution in [0.4, 0.5) is 30.6 Å². The molecule has 0 aliphatic heterocycles. The second kappa shape index (κ2) is 10.2. The third kappa shape index (κ3) is 5.55. The van der Waals surface area contributed by atoms with Gasteiger partial charge in [0.15, 0.2) is 11.4 Å². The van der Waals surface area contributed by atoms with Gasteiger partial charge in [-0.2, -0.15) is 22.8 Å². The van der Waals surface area contributed by atoms with Crippen LogP contribution in [-0.4, -0.2) is 21.3 Å². The third-order valence-corrected chi connectivity index (χ3v) is 6.42. The second-order valence-electron chi connectivity index (χ2n) is 9.16. The monoisotopic (exact) mass is 513 g/mol. The Morgan fingerprint density at radius 2 is 1.92 bits per heavy atom. The van der Waals surface area contributed by atoms with E-state index in [1.165, 1.54) is 29.4 Å². The van der Waals surface area contributed by atoms with Gasteiger partial charge in [-0.15, -0.1) is 0 Å². The fourth-order valence-corrected chi connectivity index (χ4v) is 4.44. The maximum Gasteiger partial charge on any atom is 0.439 e. The molecule has 194 valence electrons. The van der Waals surface area contributed by atoms with E-state index in [1.807, 2.05) is 0 Å². The molecule has 0 amide bonds. The molecule has 1 aliphatic carbocycles. The molecule has 2 heterocycles. The van der Waals surface area contributed by atoms with Gasteiger partial charge in [-0.25, -0.2) is 9.78 Å². The summed E-state index contributed by atoms with van der Waals surface area (Å²) in [6.45, 7) is 2.01. The molecule has 0 spiro atoms. The van der Waals surface area contributed by atoms with Gasteiger partial charge < -0.3 is 14.5 Å². The summed E-state index contributed by atoms with van der Waals surface area (Å²) >= 11 is 0. The van der Waals surface area contributed by atoms with Crippen LogP contribution in [0.3, 0.4) is 0 Å². The number of alkyl halides is 3. The number of benzene rings is 2. The Bertz CT molecular complexity index is 1460. The van der Waals surface area contributed by atoms with Gasteiger partial charge in [-0.1, -0.05) is 31.4 Å². The number of ether oxygens (including phenoxy) is 1. The van der Waals surface area contributed by atoms with Crippen molar-refractivity contribution in [3.8, 4) is 5.75 Å². The molecule has 2 aromatic carbocycles. The van der Waals surface area contributed by atoms with Crippen molar-refractivity contribution in [2.75, 3.05) is 17.3 Å². The van der Waals surface area contributed by atoms with Crippen LogP contribution in [-0.2, 0) is 6.18 Å². The molecular weight excluding hydrogens is 487 g/mol. The highest BCUT2D eigenvalue weighted by molar-refractivity contribution is 5.73. The summed E-state index contributed by atoms with van der Waals surface area (Å²) < 4.78 is 53.6. The lowest BCUT2D eigenvalue weighted by atomic mass is 9.90. The number of para-hydroxylation sites is 2. The zero-order valence-electron chi connectivity index (χ0n) is 20.1. The van der Waals surface area contributed by atoms with Crippen molar-refractivity contribution in [2.24, 2.45) is 5.92 Å². The van der Waals surface area contributed by atoms with Crippen LogP contribution in [0.1, 0.15) is 43.2 Å². The molecule has 1 aliphatic rings. The van der Waals surface area contributed by atoms with Gasteiger partial charge in [-0.3, -0.25) is 5.43 Å². The van der Waals surface area contributed by atoms with E-state index in [-0.39, 0.29) is 35.7 Å². The van der Waals surface area contributed by atoms with E-state index in [0.717, 1.165) is 31.7 Å². The summed E-state index contributed by atoms with van der Waals surface area (Å²) in [6.07, 6.45) is 2.19. The molecule has 2 aromatic heterocycles. The van der Waals surface area contributed by atoms with Gasteiger partial charge in [0, 0.05) is 17.4 Å². The SMILES string of the molecule is Cc1cnc(Nc2ccc(OCC3CCCCC3)c(C(F)(F)F)c2)nc1Nn1c(=O)oc2ccccc21. The normalized spacial score (nSPS) is 14.6. The Morgan fingerprint density at radius 3 is 2.70 bits per heavy atom. The van der Waals surface area contributed by atoms with E-state index < -0.39 is 17.5 Å². The van der Waals surface area contributed by atoms with Gasteiger partial charge in [0.1, 0.15) is 11.3 Å². The molecule has 4 aromatic rings. The van der Waals surface area contributed by atoms with Crippen molar-refractivity contribution in [1.82, 2.24) is 14.6 Å². The predicted octanol–water partition coefficient (Wildman–Crippen LogP) is 6.29. The first kappa shape index (κ1) is 24.7. The smallest absolute Gasteiger partial charge is 0.439 e. The van der Waals surface area contributed by atoms with Gasteiger partial charge in [0.2, 0.25) is 5.95 Å². The molecular formula is C26H26F3N5O3. The highest BCUT2D eigenvalue weighted by Gasteiger charge is 2.35. The molecule has 5 rings (SSSR count). The standard InChI is InChI=1S/C26H26F3N5O3/c1-16-14-30-24(32-23(16)33-34-20-9-5-6-10-22(20)37-25(34)35)31-18-11-12-21(19(13-18)26(27,28)29)36-15-17-7-3-2-4-8-17/h5-6,9-14,17H,2-4,7-8,15H2,1H3,(H2,30,31,32,33). The molecule has 11 heteroatoms. The van der Waals surface area contributed by atoms with Crippen LogP contribution >= 0.6 is 0 Å². The maximum atomic E-state index is 13.8. The van der Waals surface area contributed by atoms with Crippen LogP contribution in [0.5, 0.6) is 5.75 Å². The quantitative estimate of drug-likeness (QED) is 0.300. The molecule has 2 N–H and O–H groups in total. The Kier molecular flexibility index (Phi) is 6.77. The first-order valence-corrected chi connectivity index (χ1v) is 12.1. The Morgan fingerprint density at radius 1 is 1.14 bits per heavy atom. The number of rotatable bonds is 7. The molecule has 0 atom stereocenters. The topological polar surface area (TPSA) is 94.2 Å². The number of hydrogen-bond acceptors (Lipinski definition) is 7. The zero-order valence-corrected chi connectivity index (χ0v) is 20.1. The lowest BCUT2D eigenvalue weighted by Gasteiger charge is -2.23. The lowest BCUT2D eigenvalue weighted by Crippen LogP contribution is -2.23.